The molecule has 23 heavy (non-hydrogen) atoms. The standard InChI is InChI=1S/C13H24N2O8/c1-5(14)11(18)22-9-8(17)7(4-16)21-13(20-3)10(9)23-12(19)6(2)15/h5-10,13,16-17H,4,14-15H2,1-3H3/t5-,6-,7+,8+,9-,10+,13-/m0/s1. The Labute approximate surface area is 133 Å². The minimum Gasteiger partial charge on any atom is -0.454 e. The molecule has 6 N–H and O–H groups in total. The van der Waals surface area contributed by atoms with Crippen molar-refractivity contribution in [1.82, 2.24) is 0 Å². The zero-order valence-corrected chi connectivity index (χ0v) is 13.2. The molecule has 0 aromatic rings. The summed E-state index contributed by atoms with van der Waals surface area (Å²) in [5.74, 6) is -1.61. The fourth-order valence-corrected chi connectivity index (χ4v) is 1.97. The van der Waals surface area contributed by atoms with E-state index in [0.29, 0.717) is 0 Å². The number of rotatable bonds is 6. The van der Waals surface area contributed by atoms with Gasteiger partial charge in [-0.05, 0) is 13.8 Å². The van der Waals surface area contributed by atoms with Crippen molar-refractivity contribution in [2.24, 2.45) is 11.5 Å². The van der Waals surface area contributed by atoms with E-state index in [0.717, 1.165) is 0 Å². The van der Waals surface area contributed by atoms with Gasteiger partial charge in [0.15, 0.2) is 18.5 Å². The summed E-state index contributed by atoms with van der Waals surface area (Å²) in [7, 11) is 1.27. The molecule has 0 aliphatic carbocycles. The second-order valence-corrected chi connectivity index (χ2v) is 5.33. The lowest BCUT2D eigenvalue weighted by atomic mass is 9.98. The first-order valence-corrected chi connectivity index (χ1v) is 7.12. The van der Waals surface area contributed by atoms with Gasteiger partial charge in [-0.2, -0.15) is 0 Å². The van der Waals surface area contributed by atoms with Crippen LogP contribution in [0.25, 0.3) is 0 Å². The van der Waals surface area contributed by atoms with Crippen LogP contribution in [0.15, 0.2) is 0 Å². The predicted octanol–water partition coefficient (Wildman–Crippen LogP) is -2.77. The molecule has 0 aromatic heterocycles. The van der Waals surface area contributed by atoms with Crippen molar-refractivity contribution in [3.63, 3.8) is 0 Å². The van der Waals surface area contributed by atoms with Crippen molar-refractivity contribution in [2.75, 3.05) is 13.7 Å². The zero-order valence-electron chi connectivity index (χ0n) is 13.2. The first-order valence-electron chi connectivity index (χ1n) is 7.12. The van der Waals surface area contributed by atoms with E-state index in [4.69, 9.17) is 30.4 Å². The predicted molar refractivity (Wildman–Crippen MR) is 75.8 cm³/mol. The molecule has 0 aromatic carbocycles. The van der Waals surface area contributed by atoms with E-state index >= 15 is 0 Å². The monoisotopic (exact) mass is 336 g/mol. The highest BCUT2D eigenvalue weighted by molar-refractivity contribution is 5.76. The number of hydrogen-bond donors (Lipinski definition) is 4. The van der Waals surface area contributed by atoms with Gasteiger partial charge in [0.05, 0.1) is 6.61 Å². The maximum atomic E-state index is 11.7. The lowest BCUT2D eigenvalue weighted by molar-refractivity contribution is -0.300. The second kappa shape index (κ2) is 8.52. The third kappa shape index (κ3) is 4.83. The number of methoxy groups -OCH3 is 1. The molecule has 10 nitrogen and oxygen atoms in total. The maximum absolute atomic E-state index is 11.7. The van der Waals surface area contributed by atoms with Gasteiger partial charge in [0.25, 0.3) is 0 Å². The first kappa shape index (κ1) is 19.7. The summed E-state index contributed by atoms with van der Waals surface area (Å²) in [6.45, 7) is 2.25. The largest absolute Gasteiger partial charge is 0.454 e. The van der Waals surface area contributed by atoms with E-state index in [2.05, 4.69) is 0 Å². The summed E-state index contributed by atoms with van der Waals surface area (Å²) in [4.78, 5) is 23.5. The van der Waals surface area contributed by atoms with Gasteiger partial charge in [0.2, 0.25) is 0 Å². The summed E-state index contributed by atoms with van der Waals surface area (Å²) < 4.78 is 20.6. The summed E-state index contributed by atoms with van der Waals surface area (Å²) in [5.41, 5.74) is 10.9. The van der Waals surface area contributed by atoms with Gasteiger partial charge in [-0.25, -0.2) is 0 Å². The van der Waals surface area contributed by atoms with Crippen molar-refractivity contribution < 1.29 is 38.7 Å². The Bertz CT molecular complexity index is 417. The molecule has 1 saturated heterocycles. The van der Waals surface area contributed by atoms with Crippen molar-refractivity contribution in [3.05, 3.63) is 0 Å². The number of carbonyl (C=O) groups is 2. The average Bonchev–Trinajstić information content (AvgIpc) is 2.50. The molecular formula is C13H24N2O8. The van der Waals surface area contributed by atoms with Crippen LogP contribution in [0.5, 0.6) is 0 Å². The Balaban J connectivity index is 3.04. The van der Waals surface area contributed by atoms with Crippen molar-refractivity contribution in [2.45, 2.75) is 56.6 Å². The quantitative estimate of drug-likeness (QED) is 0.373. The molecule has 10 heteroatoms. The van der Waals surface area contributed by atoms with Crippen LogP contribution in [0.3, 0.4) is 0 Å². The molecule has 134 valence electrons. The number of esters is 2. The van der Waals surface area contributed by atoms with E-state index in [1.54, 1.807) is 0 Å². The summed E-state index contributed by atoms with van der Waals surface area (Å²) >= 11 is 0. The second-order valence-electron chi connectivity index (χ2n) is 5.33. The highest BCUT2D eigenvalue weighted by Crippen LogP contribution is 2.27. The molecule has 0 spiro atoms. The Morgan fingerprint density at radius 3 is 2.00 bits per heavy atom. The lowest BCUT2D eigenvalue weighted by Gasteiger charge is -2.42. The molecule has 1 aliphatic rings. The van der Waals surface area contributed by atoms with E-state index in [1.165, 1.54) is 21.0 Å². The summed E-state index contributed by atoms with van der Waals surface area (Å²) in [5, 5.41) is 19.5. The average molecular weight is 336 g/mol. The van der Waals surface area contributed by atoms with Gasteiger partial charge in [-0.15, -0.1) is 0 Å². The molecule has 7 atom stereocenters. The third-order valence-electron chi connectivity index (χ3n) is 3.28. The lowest BCUT2D eigenvalue weighted by Crippen LogP contribution is -2.62. The number of nitrogens with two attached hydrogens (primary N) is 2. The van der Waals surface area contributed by atoms with Gasteiger partial charge < -0.3 is 40.6 Å². The van der Waals surface area contributed by atoms with Crippen LogP contribution in [0.1, 0.15) is 13.8 Å². The van der Waals surface area contributed by atoms with E-state index in [-0.39, 0.29) is 0 Å². The van der Waals surface area contributed by atoms with Crippen LogP contribution < -0.4 is 11.5 Å². The SMILES string of the molecule is CO[C@H]1O[C@H](CO)[C@@H](O)[C@H](OC(=O)[C@H](C)N)[C@H]1OC(=O)[C@H](C)N. The molecule has 1 fully saturated rings. The fourth-order valence-electron chi connectivity index (χ4n) is 1.97. The molecule has 1 heterocycles. The van der Waals surface area contributed by atoms with Crippen LogP contribution in [0.4, 0.5) is 0 Å². The number of ether oxygens (including phenoxy) is 4. The third-order valence-corrected chi connectivity index (χ3v) is 3.28. The van der Waals surface area contributed by atoms with Crippen LogP contribution in [0.2, 0.25) is 0 Å². The van der Waals surface area contributed by atoms with Gasteiger partial charge in [0.1, 0.15) is 24.3 Å². The molecule has 0 radical (unpaired) electrons. The molecule has 0 unspecified atom stereocenters. The molecule has 0 saturated carbocycles. The van der Waals surface area contributed by atoms with Gasteiger partial charge in [-0.1, -0.05) is 0 Å². The molecule has 1 aliphatic heterocycles. The topological polar surface area (TPSA) is 164 Å². The minimum absolute atomic E-state index is 0.554. The van der Waals surface area contributed by atoms with Gasteiger partial charge in [0, 0.05) is 7.11 Å². The number of aliphatic hydroxyl groups excluding tert-OH is 2. The first-order chi connectivity index (χ1) is 10.7. The van der Waals surface area contributed by atoms with E-state index < -0.39 is 61.3 Å². The molecule has 0 bridgehead atoms. The summed E-state index contributed by atoms with van der Waals surface area (Å²) in [6, 6.07) is -1.90. The van der Waals surface area contributed by atoms with Crippen molar-refractivity contribution in [1.29, 1.82) is 0 Å². The normalized spacial score (nSPS) is 33.6. The van der Waals surface area contributed by atoms with E-state index in [1.807, 2.05) is 0 Å². The number of carbonyl (C=O) groups excluding carboxylic acids is 2. The Kier molecular flexibility index (Phi) is 7.32. The maximum Gasteiger partial charge on any atom is 0.323 e. The van der Waals surface area contributed by atoms with Gasteiger partial charge in [-0.3, -0.25) is 9.59 Å². The highest BCUT2D eigenvalue weighted by atomic mass is 16.7. The Morgan fingerprint density at radius 2 is 1.61 bits per heavy atom. The fraction of sp³-hybridized carbons (Fsp3) is 0.846. The van der Waals surface area contributed by atoms with Crippen LogP contribution in [0, 0.1) is 0 Å². The smallest absolute Gasteiger partial charge is 0.323 e. The van der Waals surface area contributed by atoms with Crippen molar-refractivity contribution in [3.8, 4) is 0 Å². The molecule has 0 amide bonds. The molecular weight excluding hydrogens is 312 g/mol. The Hall–Kier alpha value is -1.30. The number of aliphatic hydroxyl groups is 2. The minimum atomic E-state index is -1.44. The zero-order chi connectivity index (χ0) is 17.7. The van der Waals surface area contributed by atoms with E-state index in [9.17, 15) is 19.8 Å². The van der Waals surface area contributed by atoms with Crippen LogP contribution in [-0.2, 0) is 28.5 Å². The number of hydrogen-bond acceptors (Lipinski definition) is 10. The van der Waals surface area contributed by atoms with Crippen LogP contribution in [-0.4, -0.2) is 78.7 Å². The highest BCUT2D eigenvalue weighted by Gasteiger charge is 2.50. The Morgan fingerprint density at radius 1 is 1.13 bits per heavy atom. The van der Waals surface area contributed by atoms with Crippen molar-refractivity contribution >= 4 is 11.9 Å². The molecule has 1 rings (SSSR count). The van der Waals surface area contributed by atoms with Gasteiger partial charge >= 0.3 is 11.9 Å². The summed E-state index contributed by atoms with van der Waals surface area (Å²) in [6.07, 6.45) is -6.29. The van der Waals surface area contributed by atoms with Crippen LogP contribution >= 0.6 is 0 Å².